The van der Waals surface area contributed by atoms with Crippen LogP contribution in [0.3, 0.4) is 0 Å². The summed E-state index contributed by atoms with van der Waals surface area (Å²) >= 11 is 0. The summed E-state index contributed by atoms with van der Waals surface area (Å²) in [5.74, 6) is -0.673. The van der Waals surface area contributed by atoms with Gasteiger partial charge >= 0.3 is 0 Å². The van der Waals surface area contributed by atoms with Crippen LogP contribution in [-0.2, 0) is 0 Å². The maximum atomic E-state index is 13.0. The molecule has 14 heavy (non-hydrogen) atoms. The molecule has 0 aliphatic carbocycles. The highest BCUT2D eigenvalue weighted by atomic mass is 35.5. The average molecular weight is 226 g/mol. The van der Waals surface area contributed by atoms with Crippen LogP contribution >= 0.6 is 12.4 Å². The highest BCUT2D eigenvalue weighted by Gasteiger charge is 2.12. The largest absolute Gasteiger partial charge is 0.324 e. The van der Waals surface area contributed by atoms with E-state index in [9.17, 15) is 13.2 Å². The second-order valence-electron chi connectivity index (χ2n) is 2.87. The minimum Gasteiger partial charge on any atom is -0.324 e. The smallest absolute Gasteiger partial charge is 0.263 e. The number of halogens is 4. The summed E-state index contributed by atoms with van der Waals surface area (Å²) in [6.07, 6.45) is -2.64. The molecule has 0 aromatic heterocycles. The third-order valence-electron chi connectivity index (χ3n) is 1.77. The predicted octanol–water partition coefficient (Wildman–Crippen LogP) is 3.20. The Kier molecular flexibility index (Phi) is 4.94. The van der Waals surface area contributed by atoms with Gasteiger partial charge in [-0.3, -0.25) is 0 Å². The summed E-state index contributed by atoms with van der Waals surface area (Å²) in [5, 5.41) is 0. The molecule has 0 radical (unpaired) electrons. The Labute approximate surface area is 86.5 Å². The lowest BCUT2D eigenvalue weighted by molar-refractivity contribution is 0.151. The topological polar surface area (TPSA) is 26.0 Å². The molecule has 5 heteroatoms. The second kappa shape index (κ2) is 5.22. The lowest BCUT2D eigenvalue weighted by atomic mass is 10.1. The molecule has 0 amide bonds. The van der Waals surface area contributed by atoms with Gasteiger partial charge in [-0.2, -0.15) is 0 Å². The third kappa shape index (κ3) is 2.89. The number of benzene rings is 1. The highest BCUT2D eigenvalue weighted by Crippen LogP contribution is 2.23. The molecule has 80 valence electrons. The average Bonchev–Trinajstić information content (AvgIpc) is 2.03. The fourth-order valence-electron chi connectivity index (χ4n) is 1.05. The van der Waals surface area contributed by atoms with Crippen LogP contribution in [-0.4, -0.2) is 0 Å². The number of nitrogens with two attached hydrogens (primary N) is 1. The van der Waals surface area contributed by atoms with E-state index in [4.69, 9.17) is 5.73 Å². The van der Waals surface area contributed by atoms with Gasteiger partial charge in [-0.25, -0.2) is 13.2 Å². The van der Waals surface area contributed by atoms with Crippen LogP contribution in [0.4, 0.5) is 13.2 Å². The van der Waals surface area contributed by atoms with E-state index >= 15 is 0 Å². The van der Waals surface area contributed by atoms with E-state index in [1.165, 1.54) is 12.1 Å². The van der Waals surface area contributed by atoms with Crippen LogP contribution in [0.15, 0.2) is 18.2 Å². The van der Waals surface area contributed by atoms with Crippen LogP contribution in [0, 0.1) is 5.82 Å². The first-order valence-electron chi connectivity index (χ1n) is 3.85. The van der Waals surface area contributed by atoms with Gasteiger partial charge in [0.15, 0.2) is 0 Å². The molecule has 0 aliphatic rings. The Balaban J connectivity index is 0.00000169. The van der Waals surface area contributed by atoms with E-state index in [2.05, 4.69) is 0 Å². The zero-order valence-electron chi connectivity index (χ0n) is 7.51. The van der Waals surface area contributed by atoms with Crippen molar-refractivity contribution in [3.63, 3.8) is 0 Å². The molecular formula is C9H11ClF3N. The predicted molar refractivity (Wildman–Crippen MR) is 51.2 cm³/mol. The molecule has 1 atom stereocenters. The van der Waals surface area contributed by atoms with Crippen molar-refractivity contribution in [2.24, 2.45) is 5.73 Å². The molecule has 2 N–H and O–H groups in total. The van der Waals surface area contributed by atoms with Gasteiger partial charge in [0.25, 0.3) is 6.43 Å². The van der Waals surface area contributed by atoms with Crippen LogP contribution in [0.25, 0.3) is 0 Å². The summed E-state index contributed by atoms with van der Waals surface area (Å²) in [7, 11) is 0. The summed E-state index contributed by atoms with van der Waals surface area (Å²) in [4.78, 5) is 0. The Bertz CT molecular complexity index is 302. The van der Waals surface area contributed by atoms with E-state index in [1.807, 2.05) is 0 Å². The van der Waals surface area contributed by atoms with Gasteiger partial charge in [0.05, 0.1) is 0 Å². The summed E-state index contributed by atoms with van der Waals surface area (Å²) < 4.78 is 37.2. The summed E-state index contributed by atoms with van der Waals surface area (Å²) in [6, 6.07) is 2.82. The molecule has 1 nitrogen and oxygen atoms in total. The zero-order valence-corrected chi connectivity index (χ0v) is 8.32. The van der Waals surface area contributed by atoms with Crippen LogP contribution < -0.4 is 5.73 Å². The van der Waals surface area contributed by atoms with E-state index in [0.29, 0.717) is 0 Å². The molecule has 1 rings (SSSR count). The van der Waals surface area contributed by atoms with Crippen molar-refractivity contribution in [2.75, 3.05) is 0 Å². The van der Waals surface area contributed by atoms with E-state index in [0.717, 1.165) is 6.07 Å². The van der Waals surface area contributed by atoms with Crippen LogP contribution in [0.1, 0.15) is 30.5 Å². The lowest BCUT2D eigenvalue weighted by Crippen LogP contribution is -2.07. The van der Waals surface area contributed by atoms with Crippen molar-refractivity contribution >= 4 is 12.4 Å². The van der Waals surface area contributed by atoms with Crippen molar-refractivity contribution in [1.82, 2.24) is 0 Å². The summed E-state index contributed by atoms with van der Waals surface area (Å²) in [6.45, 7) is 1.60. The molecule has 0 aliphatic heterocycles. The van der Waals surface area contributed by atoms with Crippen LogP contribution in [0.5, 0.6) is 0 Å². The molecule has 0 fully saturated rings. The first kappa shape index (κ1) is 13.3. The highest BCUT2D eigenvalue weighted by molar-refractivity contribution is 5.85. The molecule has 1 unspecified atom stereocenters. The van der Waals surface area contributed by atoms with Crippen molar-refractivity contribution < 1.29 is 13.2 Å². The molecule has 0 saturated heterocycles. The molecule has 1 aromatic rings. The number of alkyl halides is 2. The first-order chi connectivity index (χ1) is 6.02. The number of rotatable bonds is 2. The number of hydrogen-bond acceptors (Lipinski definition) is 1. The zero-order chi connectivity index (χ0) is 10.0. The van der Waals surface area contributed by atoms with E-state index in [1.54, 1.807) is 6.92 Å². The Morgan fingerprint density at radius 2 is 1.86 bits per heavy atom. The van der Waals surface area contributed by atoms with Crippen molar-refractivity contribution in [2.45, 2.75) is 19.4 Å². The van der Waals surface area contributed by atoms with Gasteiger partial charge in [-0.15, -0.1) is 12.4 Å². The molecule has 0 bridgehead atoms. The maximum Gasteiger partial charge on any atom is 0.263 e. The number of hydrogen-bond donors (Lipinski definition) is 1. The van der Waals surface area contributed by atoms with Gasteiger partial charge in [0, 0.05) is 17.2 Å². The van der Waals surface area contributed by atoms with Crippen LogP contribution in [0.2, 0.25) is 0 Å². The lowest BCUT2D eigenvalue weighted by Gasteiger charge is -2.08. The molecule has 1 aromatic carbocycles. The Morgan fingerprint density at radius 1 is 1.29 bits per heavy atom. The fourth-order valence-corrected chi connectivity index (χ4v) is 1.05. The standard InChI is InChI=1S/C9H10F3N.ClH/c1-5(13)7-3-2-6(9(11)12)4-8(7)10;/h2-5,9H,13H2,1H3;1H. The Hall–Kier alpha value is -0.740. The fraction of sp³-hybridized carbons (Fsp3) is 0.333. The van der Waals surface area contributed by atoms with Crippen molar-refractivity contribution in [1.29, 1.82) is 0 Å². The van der Waals surface area contributed by atoms with E-state index < -0.39 is 18.3 Å². The third-order valence-corrected chi connectivity index (χ3v) is 1.77. The summed E-state index contributed by atoms with van der Waals surface area (Å²) in [5.41, 5.74) is 5.35. The normalized spacial score (nSPS) is 12.4. The van der Waals surface area contributed by atoms with E-state index in [-0.39, 0.29) is 23.5 Å². The van der Waals surface area contributed by atoms with Crippen molar-refractivity contribution in [3.8, 4) is 0 Å². The molecule has 0 saturated carbocycles. The van der Waals surface area contributed by atoms with Crippen molar-refractivity contribution in [3.05, 3.63) is 35.1 Å². The minimum atomic E-state index is -2.64. The second-order valence-corrected chi connectivity index (χ2v) is 2.87. The Morgan fingerprint density at radius 3 is 2.21 bits per heavy atom. The van der Waals surface area contributed by atoms with Gasteiger partial charge in [0.2, 0.25) is 0 Å². The minimum absolute atomic E-state index is 0. The van der Waals surface area contributed by atoms with Gasteiger partial charge < -0.3 is 5.73 Å². The first-order valence-corrected chi connectivity index (χ1v) is 3.85. The van der Waals surface area contributed by atoms with Gasteiger partial charge in [0.1, 0.15) is 5.82 Å². The quantitative estimate of drug-likeness (QED) is 0.822. The maximum absolute atomic E-state index is 13.0. The molecular weight excluding hydrogens is 215 g/mol. The monoisotopic (exact) mass is 225 g/mol. The molecule has 0 spiro atoms. The van der Waals surface area contributed by atoms with Gasteiger partial charge in [-0.05, 0) is 13.0 Å². The van der Waals surface area contributed by atoms with Gasteiger partial charge in [-0.1, -0.05) is 12.1 Å². The molecule has 0 heterocycles. The SMILES string of the molecule is CC(N)c1ccc(C(F)F)cc1F.Cl.